The lowest BCUT2D eigenvalue weighted by Crippen LogP contribution is -2.63. The first-order valence-electron chi connectivity index (χ1n) is 18.1. The Bertz CT molecular complexity index is 2330. The summed E-state index contributed by atoms with van der Waals surface area (Å²) in [7, 11) is 1.61. The van der Waals surface area contributed by atoms with Crippen molar-refractivity contribution in [3.63, 3.8) is 0 Å². The normalized spacial score (nSPS) is 19.2. The lowest BCUT2D eigenvalue weighted by molar-refractivity contribution is -0.142. The van der Waals surface area contributed by atoms with Crippen molar-refractivity contribution in [3.8, 4) is 16.8 Å². The smallest absolute Gasteiger partial charge is 0.302 e. The summed E-state index contributed by atoms with van der Waals surface area (Å²) < 4.78 is 29.6. The Hall–Kier alpha value is -4.92. The lowest BCUT2D eigenvalue weighted by atomic mass is 9.97. The third kappa shape index (κ3) is 6.64. The number of piperazine rings is 1. The van der Waals surface area contributed by atoms with Crippen LogP contribution >= 0.6 is 11.3 Å². The molecule has 2 aliphatic heterocycles. The number of nitrogens with one attached hydrogen (secondary N) is 1. The van der Waals surface area contributed by atoms with E-state index in [4.69, 9.17) is 9.47 Å². The number of aryl methyl sites for hydroxylation is 3. The van der Waals surface area contributed by atoms with Gasteiger partial charge >= 0.3 is 5.97 Å². The molecule has 0 saturated carbocycles. The number of hydrogen-bond donors (Lipinski definition) is 1. The van der Waals surface area contributed by atoms with Gasteiger partial charge in [0.2, 0.25) is 0 Å². The van der Waals surface area contributed by atoms with Crippen molar-refractivity contribution >= 4 is 44.6 Å². The van der Waals surface area contributed by atoms with Crippen molar-refractivity contribution in [2.75, 3.05) is 36.5 Å². The number of anilines is 3. The number of carbonyl (C=O) groups excluding carboxylic acids is 1. The van der Waals surface area contributed by atoms with Crippen molar-refractivity contribution in [1.82, 2.24) is 24.2 Å². The fraction of sp³-hybridized carbons (Fsp3) is 0.410. The van der Waals surface area contributed by atoms with Gasteiger partial charge in [-0.05, 0) is 74.9 Å². The highest BCUT2D eigenvalue weighted by Gasteiger charge is 2.36. The van der Waals surface area contributed by atoms with Crippen molar-refractivity contribution < 1.29 is 18.7 Å². The van der Waals surface area contributed by atoms with Crippen molar-refractivity contribution in [3.05, 3.63) is 91.5 Å². The van der Waals surface area contributed by atoms with Crippen LogP contribution in [-0.2, 0) is 40.8 Å². The molecule has 2 atom stereocenters. The van der Waals surface area contributed by atoms with Crippen LogP contribution in [0.25, 0.3) is 26.9 Å². The average molecular weight is 740 g/mol. The summed E-state index contributed by atoms with van der Waals surface area (Å²) in [6.07, 6.45) is 9.03. The van der Waals surface area contributed by atoms with Gasteiger partial charge in [-0.1, -0.05) is 0 Å². The molecule has 12 nitrogen and oxygen atoms in total. The van der Waals surface area contributed by atoms with Gasteiger partial charge in [-0.3, -0.25) is 19.3 Å². The number of benzene rings is 1. The molecule has 2 unspecified atom stereocenters. The molecule has 1 N–H and O–H groups in total. The molecule has 0 bridgehead atoms. The first kappa shape index (κ1) is 35.1. The number of esters is 1. The highest BCUT2D eigenvalue weighted by Crippen LogP contribution is 2.36. The first-order chi connectivity index (χ1) is 25.5. The van der Waals surface area contributed by atoms with Gasteiger partial charge in [0.1, 0.15) is 28.6 Å². The zero-order chi connectivity index (χ0) is 37.0. The van der Waals surface area contributed by atoms with Crippen LogP contribution in [0.1, 0.15) is 49.6 Å². The summed E-state index contributed by atoms with van der Waals surface area (Å²) >= 11 is 1.47. The molecule has 1 aromatic carbocycles. The van der Waals surface area contributed by atoms with Crippen molar-refractivity contribution in [2.45, 2.75) is 71.2 Å². The fourth-order valence-electron chi connectivity index (χ4n) is 7.87. The van der Waals surface area contributed by atoms with E-state index in [9.17, 15) is 14.4 Å². The predicted octanol–water partition coefficient (Wildman–Crippen LogP) is 5.33. The van der Waals surface area contributed by atoms with Gasteiger partial charge in [-0.15, -0.1) is 11.3 Å². The molecule has 2 saturated heterocycles. The summed E-state index contributed by atoms with van der Waals surface area (Å²) in [4.78, 5) is 50.2. The van der Waals surface area contributed by atoms with Gasteiger partial charge in [0, 0.05) is 72.8 Å². The number of hydrogen-bond acceptors (Lipinski definition) is 11. The second-order valence-corrected chi connectivity index (χ2v) is 15.5. The van der Waals surface area contributed by atoms with Crippen LogP contribution in [0.4, 0.5) is 21.6 Å². The van der Waals surface area contributed by atoms with Crippen molar-refractivity contribution in [2.24, 2.45) is 7.05 Å². The molecular weight excluding hydrogens is 698 g/mol. The number of carbonyl (C=O) groups is 1. The van der Waals surface area contributed by atoms with Gasteiger partial charge in [-0.2, -0.15) is 9.78 Å². The molecule has 0 spiro atoms. The maximum atomic E-state index is 15.6. The van der Waals surface area contributed by atoms with Crippen molar-refractivity contribution in [1.29, 1.82) is 0 Å². The van der Waals surface area contributed by atoms with E-state index in [0.29, 0.717) is 39.3 Å². The molecule has 2 fully saturated rings. The Balaban J connectivity index is 1.13. The molecule has 4 aromatic heterocycles. The highest BCUT2D eigenvalue weighted by atomic mass is 32.1. The number of halogens is 1. The second-order valence-electron chi connectivity index (χ2n) is 14.4. The third-order valence-corrected chi connectivity index (χ3v) is 12.0. The van der Waals surface area contributed by atoms with Gasteiger partial charge < -0.3 is 24.3 Å². The standard InChI is InChI=1S/C39H42FN7O5S/c1-22-17-46(28-19-51-20-28)23(2)16-45(22)27-9-10-36(41-14-27)43-33-11-25(18-44(4)38(33)49)30-12-26(40)13-34(32(30)21-52-24(3)48)47-39(50)37-31(15-42-47)29-7-5-6-8-35(29)53-37/h9-15,18,22-23,28H,5-8,16-17,19-21H2,1-4H3,(H,41,43). The summed E-state index contributed by atoms with van der Waals surface area (Å²) in [6.45, 7) is 8.88. The summed E-state index contributed by atoms with van der Waals surface area (Å²) in [6, 6.07) is 9.14. The van der Waals surface area contributed by atoms with E-state index in [1.54, 1.807) is 25.5 Å². The van der Waals surface area contributed by atoms with E-state index in [-0.39, 0.29) is 35.1 Å². The number of aromatic nitrogens is 4. The largest absolute Gasteiger partial charge is 0.461 e. The Kier molecular flexibility index (Phi) is 9.37. The van der Waals surface area contributed by atoms with Gasteiger partial charge in [0.15, 0.2) is 0 Å². The quantitative estimate of drug-likeness (QED) is 0.209. The minimum Gasteiger partial charge on any atom is -0.461 e. The predicted molar refractivity (Wildman–Crippen MR) is 203 cm³/mol. The number of ether oxygens (including phenoxy) is 2. The number of thiophene rings is 1. The van der Waals surface area contributed by atoms with E-state index in [1.807, 2.05) is 18.3 Å². The SMILES string of the molecule is CC(=O)OCc1c(-c2cc(Nc3ccc(N4CC(C)N(C5COC5)CC4C)cn3)c(=O)n(C)c2)cc(F)cc1-n1ncc2c3c(sc2c1=O)CCCC3. The first-order valence-corrected chi connectivity index (χ1v) is 18.9. The molecule has 5 aromatic rings. The molecule has 8 rings (SSSR count). The molecule has 276 valence electrons. The van der Waals surface area contributed by atoms with Gasteiger partial charge in [0.05, 0.1) is 43.0 Å². The van der Waals surface area contributed by atoms with Crippen LogP contribution < -0.4 is 21.3 Å². The topological polar surface area (TPSA) is 124 Å². The summed E-state index contributed by atoms with van der Waals surface area (Å²) in [5.74, 6) is -0.687. The second kappa shape index (κ2) is 14.1. The van der Waals surface area contributed by atoms with Gasteiger partial charge in [-0.25, -0.2) is 9.37 Å². The van der Waals surface area contributed by atoms with Crippen LogP contribution in [0, 0.1) is 5.82 Å². The number of fused-ring (bicyclic) bond motifs is 3. The van der Waals surface area contributed by atoms with Crippen LogP contribution in [-0.4, -0.2) is 74.6 Å². The molecule has 6 heterocycles. The van der Waals surface area contributed by atoms with Crippen LogP contribution in [0.5, 0.6) is 0 Å². The Labute approximate surface area is 309 Å². The van der Waals surface area contributed by atoms with E-state index in [0.717, 1.165) is 63.1 Å². The minimum atomic E-state index is -0.619. The number of nitrogens with zero attached hydrogens (tertiary/aromatic N) is 6. The van der Waals surface area contributed by atoms with E-state index in [1.165, 1.54) is 50.1 Å². The zero-order valence-electron chi connectivity index (χ0n) is 30.2. The van der Waals surface area contributed by atoms with Gasteiger partial charge in [0.25, 0.3) is 11.1 Å². The Morgan fingerprint density at radius 3 is 2.60 bits per heavy atom. The monoisotopic (exact) mass is 739 g/mol. The number of rotatable bonds is 8. The maximum Gasteiger partial charge on any atom is 0.302 e. The van der Waals surface area contributed by atoms with Crippen LogP contribution in [0.2, 0.25) is 0 Å². The van der Waals surface area contributed by atoms with Crippen LogP contribution in [0.3, 0.4) is 0 Å². The Morgan fingerprint density at radius 1 is 1.06 bits per heavy atom. The lowest BCUT2D eigenvalue weighted by Gasteiger charge is -2.50. The fourth-order valence-corrected chi connectivity index (χ4v) is 9.16. The maximum absolute atomic E-state index is 15.6. The molecular formula is C39H42FN7O5S. The molecule has 0 amide bonds. The molecule has 14 heteroatoms. The zero-order valence-corrected chi connectivity index (χ0v) is 31.0. The van der Waals surface area contributed by atoms with E-state index < -0.39 is 11.8 Å². The minimum absolute atomic E-state index is 0.158. The number of pyridine rings is 2. The summed E-state index contributed by atoms with van der Waals surface area (Å²) in [5.41, 5.74) is 3.04. The molecule has 1 aliphatic carbocycles. The molecule has 3 aliphatic rings. The van der Waals surface area contributed by atoms with E-state index in [2.05, 4.69) is 39.0 Å². The highest BCUT2D eigenvalue weighted by molar-refractivity contribution is 7.19. The van der Waals surface area contributed by atoms with Crippen LogP contribution in [0.15, 0.2) is 58.5 Å². The Morgan fingerprint density at radius 2 is 1.87 bits per heavy atom. The summed E-state index contributed by atoms with van der Waals surface area (Å²) in [5, 5.41) is 8.51. The molecule has 0 radical (unpaired) electrons. The van der Waals surface area contributed by atoms with E-state index >= 15 is 4.39 Å². The average Bonchev–Trinajstić information content (AvgIpc) is 3.50. The molecule has 53 heavy (non-hydrogen) atoms. The third-order valence-electron chi connectivity index (χ3n) is 10.7.